The van der Waals surface area contributed by atoms with E-state index >= 15 is 0 Å². The number of rotatable bonds is 10. The van der Waals surface area contributed by atoms with E-state index in [-0.39, 0.29) is 30.4 Å². The molecule has 2 rings (SSSR count). The van der Waals surface area contributed by atoms with Crippen LogP contribution in [-0.2, 0) is 24.0 Å². The van der Waals surface area contributed by atoms with E-state index in [0.29, 0.717) is 13.0 Å². The van der Waals surface area contributed by atoms with Gasteiger partial charge in [0.2, 0.25) is 11.8 Å². The van der Waals surface area contributed by atoms with Crippen molar-refractivity contribution in [3.63, 3.8) is 0 Å². The molecule has 0 unspecified atom stereocenters. The molecule has 3 atom stereocenters. The van der Waals surface area contributed by atoms with E-state index in [1.54, 1.807) is 13.8 Å². The molecule has 0 aromatic heterocycles. The van der Waals surface area contributed by atoms with Crippen LogP contribution >= 0.6 is 0 Å². The molecule has 0 aliphatic carbocycles. The van der Waals surface area contributed by atoms with Gasteiger partial charge in [-0.3, -0.25) is 24.0 Å². The lowest BCUT2D eigenvalue weighted by Crippen LogP contribution is -2.54. The molecule has 1 saturated heterocycles. The Morgan fingerprint density at radius 3 is 2.39 bits per heavy atom. The van der Waals surface area contributed by atoms with Crippen LogP contribution in [0.2, 0.25) is 0 Å². The normalized spacial score (nSPS) is 17.1. The summed E-state index contributed by atoms with van der Waals surface area (Å²) in [5, 5.41) is 18.9. The third-order valence-corrected chi connectivity index (χ3v) is 5.20. The number of hydrogen-bond donors (Lipinski definition) is 5. The first-order chi connectivity index (χ1) is 15.6. The van der Waals surface area contributed by atoms with Gasteiger partial charge in [-0.2, -0.15) is 0 Å². The summed E-state index contributed by atoms with van der Waals surface area (Å²) in [6.45, 7) is 3.22. The Bertz CT molecular complexity index is 907. The maximum Gasteiger partial charge on any atom is 0.313 e. The zero-order chi connectivity index (χ0) is 24.5. The van der Waals surface area contributed by atoms with Gasteiger partial charge in [-0.05, 0) is 37.3 Å². The summed E-state index contributed by atoms with van der Waals surface area (Å²) < 4.78 is 13.7. The summed E-state index contributed by atoms with van der Waals surface area (Å²) >= 11 is 0. The van der Waals surface area contributed by atoms with Crippen LogP contribution in [0.5, 0.6) is 0 Å². The smallest absolute Gasteiger partial charge is 0.313 e. The molecular weight excluding hydrogens is 435 g/mol. The van der Waals surface area contributed by atoms with Gasteiger partial charge < -0.3 is 26.4 Å². The monoisotopic (exact) mass is 464 g/mol. The number of ketones is 1. The Labute approximate surface area is 190 Å². The van der Waals surface area contributed by atoms with E-state index in [9.17, 15) is 33.5 Å². The zero-order valence-electron chi connectivity index (χ0n) is 18.5. The van der Waals surface area contributed by atoms with Gasteiger partial charge >= 0.3 is 11.8 Å². The Morgan fingerprint density at radius 1 is 1.12 bits per heavy atom. The predicted octanol–water partition coefficient (Wildman–Crippen LogP) is -0.132. The van der Waals surface area contributed by atoms with Crippen LogP contribution in [0.3, 0.4) is 0 Å². The second-order valence-electron chi connectivity index (χ2n) is 8.29. The lowest BCUT2D eigenvalue weighted by atomic mass is 9.95. The average molecular weight is 464 g/mol. The summed E-state index contributed by atoms with van der Waals surface area (Å²) in [5.74, 6) is -5.24. The molecule has 11 heteroatoms. The molecule has 4 amide bonds. The lowest BCUT2D eigenvalue weighted by Gasteiger charge is -2.24. The molecule has 1 aromatic rings. The lowest BCUT2D eigenvalue weighted by molar-refractivity contribution is -0.138. The number of anilines is 1. The molecule has 0 radical (unpaired) electrons. The van der Waals surface area contributed by atoms with Gasteiger partial charge in [-0.15, -0.1) is 0 Å². The highest BCUT2D eigenvalue weighted by Crippen LogP contribution is 2.17. The van der Waals surface area contributed by atoms with E-state index in [4.69, 9.17) is 0 Å². The average Bonchev–Trinajstić information content (AvgIpc) is 3.17. The number of aliphatic hydroxyl groups excluding tert-OH is 1. The number of Topliss-reactive ketones (excluding diaryl/α,β-unsaturated/α-hetero) is 1. The summed E-state index contributed by atoms with van der Waals surface area (Å²) in [6.07, 6.45) is 0.647. The first kappa shape index (κ1) is 25.9. The van der Waals surface area contributed by atoms with Gasteiger partial charge in [-0.25, -0.2) is 4.39 Å². The van der Waals surface area contributed by atoms with E-state index < -0.39 is 53.9 Å². The Hall–Kier alpha value is -3.34. The van der Waals surface area contributed by atoms with Gasteiger partial charge in [0.15, 0.2) is 5.78 Å². The van der Waals surface area contributed by atoms with E-state index in [1.807, 2.05) is 0 Å². The summed E-state index contributed by atoms with van der Waals surface area (Å²) in [6, 6.07) is 3.00. The largest absolute Gasteiger partial charge is 0.389 e. The molecule has 1 aromatic carbocycles. The maximum absolute atomic E-state index is 13.7. The molecule has 1 fully saturated rings. The van der Waals surface area contributed by atoms with Crippen molar-refractivity contribution in [3.8, 4) is 0 Å². The first-order valence-electron chi connectivity index (χ1n) is 10.7. The third kappa shape index (κ3) is 7.63. The minimum absolute atomic E-state index is 0.00703. The fraction of sp³-hybridized carbons (Fsp3) is 0.500. The van der Waals surface area contributed by atoms with Crippen molar-refractivity contribution in [2.24, 2.45) is 11.8 Å². The summed E-state index contributed by atoms with van der Waals surface area (Å²) in [5.41, 5.74) is -0.189. The molecule has 1 aliphatic rings. The van der Waals surface area contributed by atoms with Gasteiger partial charge in [0.25, 0.3) is 0 Å². The van der Waals surface area contributed by atoms with E-state index in [0.717, 1.165) is 6.07 Å². The Morgan fingerprint density at radius 2 is 1.82 bits per heavy atom. The van der Waals surface area contributed by atoms with Crippen molar-refractivity contribution in [2.75, 3.05) is 18.5 Å². The molecule has 0 spiro atoms. The number of nitrogens with one attached hydrogen (secondary N) is 4. The first-order valence-corrected chi connectivity index (χ1v) is 10.7. The molecule has 180 valence electrons. The second-order valence-corrected chi connectivity index (χ2v) is 8.29. The number of para-hydroxylation sites is 1. The standard InChI is InChI=1S/C22H29FN4O6/c1-12(2)9-17(27-22(33)21(32)25-15-6-4-3-5-14(15)23)20(31)26-16(18(29)11-28)10-13-7-8-24-19(13)30/h3-6,12-13,16-17,28H,7-11H2,1-2H3,(H,24,30)(H,25,32)(H,26,31)(H,27,33)/t13-,16-,17-/m0/s1. The highest BCUT2D eigenvalue weighted by atomic mass is 19.1. The number of hydrogen-bond acceptors (Lipinski definition) is 6. The number of carbonyl (C=O) groups is 5. The van der Waals surface area contributed by atoms with Crippen LogP contribution in [0.25, 0.3) is 0 Å². The molecule has 1 aliphatic heterocycles. The van der Waals surface area contributed by atoms with Crippen molar-refractivity contribution in [1.29, 1.82) is 0 Å². The maximum atomic E-state index is 13.7. The summed E-state index contributed by atoms with van der Waals surface area (Å²) in [4.78, 5) is 61.5. The molecule has 10 nitrogen and oxygen atoms in total. The molecule has 0 bridgehead atoms. The van der Waals surface area contributed by atoms with Gasteiger partial charge in [0, 0.05) is 12.5 Å². The molecule has 33 heavy (non-hydrogen) atoms. The molecule has 5 N–H and O–H groups in total. The van der Waals surface area contributed by atoms with Crippen LogP contribution in [0.1, 0.15) is 33.1 Å². The fourth-order valence-electron chi connectivity index (χ4n) is 3.48. The van der Waals surface area contributed by atoms with Crippen molar-refractivity contribution >= 4 is 35.1 Å². The summed E-state index contributed by atoms with van der Waals surface area (Å²) in [7, 11) is 0. The van der Waals surface area contributed by atoms with Crippen LogP contribution in [0, 0.1) is 17.7 Å². The van der Waals surface area contributed by atoms with E-state index in [1.165, 1.54) is 18.2 Å². The van der Waals surface area contributed by atoms with Gasteiger partial charge in [-0.1, -0.05) is 26.0 Å². The van der Waals surface area contributed by atoms with Crippen molar-refractivity contribution < 1.29 is 33.5 Å². The van der Waals surface area contributed by atoms with Crippen LogP contribution < -0.4 is 21.3 Å². The molecule has 1 heterocycles. The second kappa shape index (κ2) is 12.0. The van der Waals surface area contributed by atoms with Gasteiger partial charge in [0.1, 0.15) is 18.5 Å². The molecular formula is C22H29FN4O6. The third-order valence-electron chi connectivity index (χ3n) is 5.20. The zero-order valence-corrected chi connectivity index (χ0v) is 18.5. The minimum atomic E-state index is -1.17. The fourth-order valence-corrected chi connectivity index (χ4v) is 3.48. The van der Waals surface area contributed by atoms with Crippen LogP contribution in [-0.4, -0.2) is 59.8 Å². The minimum Gasteiger partial charge on any atom is -0.389 e. The number of aliphatic hydroxyl groups is 1. The SMILES string of the molecule is CC(C)C[C@H](NC(=O)C(=O)Nc1ccccc1F)C(=O)N[C@@H](C[C@@H]1CCNC1=O)C(=O)CO. The highest BCUT2D eigenvalue weighted by molar-refractivity contribution is 6.40. The Kier molecular flexibility index (Phi) is 9.46. The topological polar surface area (TPSA) is 154 Å². The number of amides is 4. The van der Waals surface area contributed by atoms with Crippen molar-refractivity contribution in [2.45, 2.75) is 45.2 Å². The highest BCUT2D eigenvalue weighted by Gasteiger charge is 2.33. The van der Waals surface area contributed by atoms with Crippen LogP contribution in [0.4, 0.5) is 10.1 Å². The van der Waals surface area contributed by atoms with Gasteiger partial charge in [0.05, 0.1) is 11.7 Å². The number of carbonyl (C=O) groups excluding carboxylic acids is 5. The quantitative estimate of drug-likeness (QED) is 0.304. The Balaban J connectivity index is 2.07. The molecule has 0 saturated carbocycles. The van der Waals surface area contributed by atoms with E-state index in [2.05, 4.69) is 21.3 Å². The van der Waals surface area contributed by atoms with Crippen molar-refractivity contribution in [3.05, 3.63) is 30.1 Å². The van der Waals surface area contributed by atoms with Crippen LogP contribution in [0.15, 0.2) is 24.3 Å². The van der Waals surface area contributed by atoms with Crippen molar-refractivity contribution in [1.82, 2.24) is 16.0 Å². The number of halogens is 1. The number of benzene rings is 1. The predicted molar refractivity (Wildman–Crippen MR) is 116 cm³/mol.